The maximum atomic E-state index is 12.8. The van der Waals surface area contributed by atoms with E-state index in [1.807, 2.05) is 31.2 Å². The van der Waals surface area contributed by atoms with E-state index in [0.29, 0.717) is 5.03 Å². The summed E-state index contributed by atoms with van der Waals surface area (Å²) in [5.74, 6) is -0.0656. The smallest absolute Gasteiger partial charge is 0.308 e. The van der Waals surface area contributed by atoms with Crippen LogP contribution in [0.25, 0.3) is 0 Å². The van der Waals surface area contributed by atoms with Gasteiger partial charge in [0.25, 0.3) is 0 Å². The molecule has 0 fully saturated rings. The third-order valence-corrected chi connectivity index (χ3v) is 5.19. The first-order chi connectivity index (χ1) is 11.8. The predicted octanol–water partition coefficient (Wildman–Crippen LogP) is 4.56. The lowest BCUT2D eigenvalue weighted by Crippen LogP contribution is -2.40. The largest absolute Gasteiger partial charge is 0.417 e. The number of benzene rings is 1. The highest BCUT2D eigenvalue weighted by molar-refractivity contribution is 8.00. The third kappa shape index (κ3) is 3.66. The molecule has 1 aromatic heterocycles. The van der Waals surface area contributed by atoms with Crippen molar-refractivity contribution >= 4 is 23.4 Å². The van der Waals surface area contributed by atoms with E-state index in [1.54, 1.807) is 11.8 Å². The van der Waals surface area contributed by atoms with E-state index < -0.39 is 17.0 Å². The Morgan fingerprint density at radius 1 is 1.28 bits per heavy atom. The van der Waals surface area contributed by atoms with E-state index in [0.717, 1.165) is 41.7 Å². The summed E-state index contributed by atoms with van der Waals surface area (Å²) in [5, 5.41) is -0.0492. The Morgan fingerprint density at radius 2 is 2.00 bits per heavy atom. The van der Waals surface area contributed by atoms with Crippen molar-refractivity contribution in [1.82, 2.24) is 4.98 Å². The molecule has 3 rings (SSSR count). The Bertz CT molecular complexity index is 777. The van der Waals surface area contributed by atoms with E-state index in [-0.39, 0.29) is 11.9 Å². The number of rotatable bonds is 3. The first kappa shape index (κ1) is 17.8. The number of hydrogen-bond acceptors (Lipinski definition) is 3. The number of aromatic nitrogens is 1. The van der Waals surface area contributed by atoms with Crippen molar-refractivity contribution in [2.45, 2.75) is 42.8 Å². The van der Waals surface area contributed by atoms with Gasteiger partial charge in [-0.1, -0.05) is 30.0 Å². The zero-order chi connectivity index (χ0) is 18.2. The molecule has 2 heterocycles. The van der Waals surface area contributed by atoms with Crippen molar-refractivity contribution in [2.24, 2.45) is 0 Å². The standard InChI is InChI=1S/C18H17F3N2OS/c1-11-9-13-5-3-4-6-15(13)23(11)17(24)12(2)25-16-8-7-14(10-22-16)18(19,20)21/h3-8,10-12H,9H2,1-2H3. The summed E-state index contributed by atoms with van der Waals surface area (Å²) < 4.78 is 37.8. The molecule has 0 spiro atoms. The van der Waals surface area contributed by atoms with Gasteiger partial charge in [-0.3, -0.25) is 4.79 Å². The molecule has 0 saturated heterocycles. The van der Waals surface area contributed by atoms with Gasteiger partial charge in [0.1, 0.15) is 0 Å². The van der Waals surface area contributed by atoms with Crippen molar-refractivity contribution in [1.29, 1.82) is 0 Å². The number of carbonyl (C=O) groups excluding carboxylic acids is 1. The minimum atomic E-state index is -4.41. The summed E-state index contributed by atoms with van der Waals surface area (Å²) in [6.45, 7) is 3.74. The summed E-state index contributed by atoms with van der Waals surface area (Å²) in [6.07, 6.45) is -2.81. The van der Waals surface area contributed by atoms with E-state index in [9.17, 15) is 18.0 Å². The zero-order valence-electron chi connectivity index (χ0n) is 13.7. The Morgan fingerprint density at radius 3 is 2.64 bits per heavy atom. The molecule has 3 nitrogen and oxygen atoms in total. The molecule has 1 aliphatic rings. The molecule has 0 aliphatic carbocycles. The van der Waals surface area contributed by atoms with E-state index >= 15 is 0 Å². The van der Waals surface area contributed by atoms with Gasteiger partial charge in [0, 0.05) is 17.9 Å². The molecule has 25 heavy (non-hydrogen) atoms. The highest BCUT2D eigenvalue weighted by Crippen LogP contribution is 2.35. The number of nitrogens with zero attached hydrogens (tertiary/aromatic N) is 2. The number of pyridine rings is 1. The molecule has 0 radical (unpaired) electrons. The number of alkyl halides is 3. The Kier molecular flexibility index (Phi) is 4.77. The number of anilines is 1. The lowest BCUT2D eigenvalue weighted by molar-refractivity contribution is -0.137. The van der Waals surface area contributed by atoms with Gasteiger partial charge in [-0.2, -0.15) is 13.2 Å². The van der Waals surface area contributed by atoms with Gasteiger partial charge >= 0.3 is 6.18 Å². The summed E-state index contributed by atoms with van der Waals surface area (Å²) in [7, 11) is 0. The van der Waals surface area contributed by atoms with Crippen molar-refractivity contribution in [3.05, 3.63) is 53.7 Å². The van der Waals surface area contributed by atoms with Crippen LogP contribution in [0.5, 0.6) is 0 Å². The lowest BCUT2D eigenvalue weighted by Gasteiger charge is -2.25. The van der Waals surface area contributed by atoms with Crippen LogP contribution < -0.4 is 4.90 Å². The molecule has 2 unspecified atom stereocenters. The van der Waals surface area contributed by atoms with Crippen molar-refractivity contribution in [3.8, 4) is 0 Å². The summed E-state index contributed by atoms with van der Waals surface area (Å²) in [4.78, 5) is 18.5. The number of amides is 1. The average molecular weight is 366 g/mol. The fraction of sp³-hybridized carbons (Fsp3) is 0.333. The minimum Gasteiger partial charge on any atom is -0.308 e. The van der Waals surface area contributed by atoms with Gasteiger partial charge in [0.05, 0.1) is 15.8 Å². The maximum Gasteiger partial charge on any atom is 0.417 e. The van der Waals surface area contributed by atoms with Crippen LogP contribution in [0.4, 0.5) is 18.9 Å². The van der Waals surface area contributed by atoms with Crippen LogP contribution in [0.15, 0.2) is 47.6 Å². The number of carbonyl (C=O) groups is 1. The average Bonchev–Trinajstić information content (AvgIpc) is 2.89. The summed E-state index contributed by atoms with van der Waals surface area (Å²) in [5.41, 5.74) is 1.25. The fourth-order valence-corrected chi connectivity index (χ4v) is 3.78. The predicted molar refractivity (Wildman–Crippen MR) is 91.7 cm³/mol. The quantitative estimate of drug-likeness (QED) is 0.747. The van der Waals surface area contributed by atoms with Gasteiger partial charge in [-0.15, -0.1) is 0 Å². The summed E-state index contributed by atoms with van der Waals surface area (Å²) in [6, 6.07) is 10.1. The molecule has 0 saturated carbocycles. The third-order valence-electron chi connectivity index (χ3n) is 4.15. The second kappa shape index (κ2) is 6.71. The van der Waals surface area contributed by atoms with Crippen LogP contribution in [0, 0.1) is 0 Å². The van der Waals surface area contributed by atoms with Crippen LogP contribution in [-0.2, 0) is 17.4 Å². The highest BCUT2D eigenvalue weighted by Gasteiger charge is 2.34. The van der Waals surface area contributed by atoms with E-state index in [1.165, 1.54) is 6.07 Å². The maximum absolute atomic E-state index is 12.8. The molecule has 1 aromatic carbocycles. The second-order valence-electron chi connectivity index (χ2n) is 6.03. The van der Waals surface area contributed by atoms with Gasteiger partial charge in [-0.25, -0.2) is 4.98 Å². The van der Waals surface area contributed by atoms with Gasteiger partial charge in [0.2, 0.25) is 5.91 Å². The van der Waals surface area contributed by atoms with Crippen LogP contribution in [0.2, 0.25) is 0 Å². The van der Waals surface area contributed by atoms with Crippen molar-refractivity contribution in [2.75, 3.05) is 4.90 Å². The summed E-state index contributed by atoms with van der Waals surface area (Å²) >= 11 is 1.16. The monoisotopic (exact) mass is 366 g/mol. The lowest BCUT2D eigenvalue weighted by atomic mass is 10.1. The van der Waals surface area contributed by atoms with E-state index in [2.05, 4.69) is 4.98 Å². The fourth-order valence-electron chi connectivity index (χ4n) is 2.95. The number of thioether (sulfide) groups is 1. The molecule has 132 valence electrons. The molecule has 2 atom stereocenters. The second-order valence-corrected chi connectivity index (χ2v) is 7.39. The van der Waals surface area contributed by atoms with Crippen LogP contribution in [0.1, 0.15) is 25.0 Å². The Hall–Kier alpha value is -2.02. The van der Waals surface area contributed by atoms with Gasteiger partial charge in [0.15, 0.2) is 0 Å². The van der Waals surface area contributed by atoms with Crippen LogP contribution >= 0.6 is 11.8 Å². The Balaban J connectivity index is 1.73. The minimum absolute atomic E-state index is 0.0634. The molecule has 2 aromatic rings. The topological polar surface area (TPSA) is 33.2 Å². The highest BCUT2D eigenvalue weighted by atomic mass is 32.2. The number of halogens is 3. The van der Waals surface area contributed by atoms with Crippen LogP contribution in [-0.4, -0.2) is 22.2 Å². The molecular weight excluding hydrogens is 349 g/mol. The van der Waals surface area contributed by atoms with Crippen molar-refractivity contribution < 1.29 is 18.0 Å². The van der Waals surface area contributed by atoms with Crippen LogP contribution in [0.3, 0.4) is 0 Å². The van der Waals surface area contributed by atoms with Gasteiger partial charge < -0.3 is 4.90 Å². The molecule has 1 amide bonds. The first-order valence-corrected chi connectivity index (χ1v) is 8.76. The number of para-hydroxylation sites is 1. The molecule has 0 N–H and O–H groups in total. The van der Waals surface area contributed by atoms with Crippen molar-refractivity contribution in [3.63, 3.8) is 0 Å². The molecule has 1 aliphatic heterocycles. The SMILES string of the molecule is CC(Sc1ccc(C(F)(F)F)cn1)C(=O)N1c2ccccc2CC1C. The van der Waals surface area contributed by atoms with Gasteiger partial charge in [-0.05, 0) is 44.0 Å². The Labute approximate surface area is 148 Å². The first-order valence-electron chi connectivity index (χ1n) is 7.88. The zero-order valence-corrected chi connectivity index (χ0v) is 14.6. The normalized spacial score (nSPS) is 18.1. The number of hydrogen-bond donors (Lipinski definition) is 0. The molecule has 7 heteroatoms. The molecular formula is C18H17F3N2OS. The molecule has 0 bridgehead atoms. The van der Waals surface area contributed by atoms with E-state index in [4.69, 9.17) is 0 Å². The number of fused-ring (bicyclic) bond motifs is 1.